The highest BCUT2D eigenvalue weighted by Crippen LogP contribution is 2.34. The van der Waals surface area contributed by atoms with Crippen molar-refractivity contribution in [3.05, 3.63) is 51.9 Å². The summed E-state index contributed by atoms with van der Waals surface area (Å²) in [5.74, 6) is -1.04. The van der Waals surface area contributed by atoms with Crippen molar-refractivity contribution in [1.82, 2.24) is 5.32 Å². The molecule has 0 unspecified atom stereocenters. The van der Waals surface area contributed by atoms with Crippen molar-refractivity contribution >= 4 is 45.6 Å². The van der Waals surface area contributed by atoms with Crippen LogP contribution in [0, 0.1) is 6.92 Å². The third-order valence-electron chi connectivity index (χ3n) is 3.68. The first-order chi connectivity index (χ1) is 12.5. The maximum absolute atomic E-state index is 12.1. The first-order valence-corrected chi connectivity index (χ1v) is 9.09. The Morgan fingerprint density at radius 3 is 2.38 bits per heavy atom. The smallest absolute Gasteiger partial charge is 0.348 e. The van der Waals surface area contributed by atoms with E-state index in [-0.39, 0.29) is 5.56 Å². The van der Waals surface area contributed by atoms with Gasteiger partial charge in [-0.15, -0.1) is 11.3 Å². The van der Waals surface area contributed by atoms with Gasteiger partial charge in [-0.2, -0.15) is 0 Å². The normalized spacial score (nSPS) is 10.1. The summed E-state index contributed by atoms with van der Waals surface area (Å²) < 4.78 is 9.58. The fraction of sp³-hybridized carbons (Fsp3) is 0.278. The molecule has 0 bridgehead atoms. The van der Waals surface area contributed by atoms with Gasteiger partial charge in [0.15, 0.2) is 5.11 Å². The second kappa shape index (κ2) is 9.30. The van der Waals surface area contributed by atoms with Gasteiger partial charge in [0.25, 0.3) is 0 Å². The molecule has 2 N–H and O–H groups in total. The Kier molecular flexibility index (Phi) is 7.11. The highest BCUT2D eigenvalue weighted by molar-refractivity contribution is 7.80. The number of methoxy groups -OCH3 is 2. The van der Waals surface area contributed by atoms with Gasteiger partial charge in [0.1, 0.15) is 9.88 Å². The summed E-state index contributed by atoms with van der Waals surface area (Å²) in [6.07, 6.45) is 0.809. The number of hydrogen-bond acceptors (Lipinski definition) is 6. The summed E-state index contributed by atoms with van der Waals surface area (Å²) in [6, 6.07) is 10.0. The van der Waals surface area contributed by atoms with Crippen molar-refractivity contribution in [2.75, 3.05) is 26.1 Å². The summed E-state index contributed by atoms with van der Waals surface area (Å²) in [7, 11) is 2.58. The van der Waals surface area contributed by atoms with Crippen LogP contribution >= 0.6 is 23.6 Å². The number of thiophene rings is 1. The second-order valence-corrected chi connectivity index (χ2v) is 6.79. The van der Waals surface area contributed by atoms with E-state index in [9.17, 15) is 9.59 Å². The molecule has 26 heavy (non-hydrogen) atoms. The molecule has 6 nitrogen and oxygen atoms in total. The van der Waals surface area contributed by atoms with Crippen LogP contribution in [0.5, 0.6) is 0 Å². The van der Waals surface area contributed by atoms with Gasteiger partial charge in [-0.05, 0) is 36.7 Å². The molecule has 0 saturated heterocycles. The van der Waals surface area contributed by atoms with Crippen molar-refractivity contribution in [2.24, 2.45) is 0 Å². The van der Waals surface area contributed by atoms with Crippen molar-refractivity contribution in [2.45, 2.75) is 13.3 Å². The highest BCUT2D eigenvalue weighted by Gasteiger charge is 2.26. The lowest BCUT2D eigenvalue weighted by atomic mass is 10.1. The molecular weight excluding hydrogens is 372 g/mol. The zero-order chi connectivity index (χ0) is 19.1. The predicted octanol–water partition coefficient (Wildman–Crippen LogP) is 3.16. The quantitative estimate of drug-likeness (QED) is 0.578. The fourth-order valence-corrected chi connectivity index (χ4v) is 3.74. The minimum absolute atomic E-state index is 0.283. The number of ether oxygens (including phenoxy) is 2. The van der Waals surface area contributed by atoms with Gasteiger partial charge in [0, 0.05) is 6.54 Å². The first-order valence-electron chi connectivity index (χ1n) is 7.86. The van der Waals surface area contributed by atoms with E-state index < -0.39 is 11.9 Å². The Hall–Kier alpha value is -2.45. The molecule has 2 aromatic rings. The largest absolute Gasteiger partial charge is 0.465 e. The maximum atomic E-state index is 12.1. The van der Waals surface area contributed by atoms with Crippen molar-refractivity contribution < 1.29 is 19.1 Å². The average Bonchev–Trinajstić information content (AvgIpc) is 2.97. The molecule has 1 aromatic carbocycles. The first kappa shape index (κ1) is 19.9. The van der Waals surface area contributed by atoms with Crippen LogP contribution in [0.4, 0.5) is 5.00 Å². The maximum Gasteiger partial charge on any atom is 0.348 e. The Balaban J connectivity index is 2.08. The molecule has 0 aliphatic rings. The highest BCUT2D eigenvalue weighted by atomic mass is 32.1. The monoisotopic (exact) mass is 392 g/mol. The van der Waals surface area contributed by atoms with Crippen molar-refractivity contribution in [3.63, 3.8) is 0 Å². The van der Waals surface area contributed by atoms with E-state index in [4.69, 9.17) is 21.7 Å². The molecule has 0 aliphatic carbocycles. The molecule has 1 heterocycles. The lowest BCUT2D eigenvalue weighted by Crippen LogP contribution is -2.30. The number of rotatable bonds is 6. The number of thiocarbonyl (C=S) groups is 1. The second-order valence-electron chi connectivity index (χ2n) is 5.36. The van der Waals surface area contributed by atoms with E-state index >= 15 is 0 Å². The average molecular weight is 393 g/mol. The number of nitrogens with one attached hydrogen (secondary N) is 2. The number of esters is 2. The molecule has 0 atom stereocenters. The summed E-state index contributed by atoms with van der Waals surface area (Å²) in [5.41, 5.74) is 1.98. The van der Waals surface area contributed by atoms with Gasteiger partial charge in [0.2, 0.25) is 0 Å². The number of carbonyl (C=O) groups is 2. The molecule has 138 valence electrons. The standard InChI is InChI=1S/C18H20N2O4S2/c1-11-13(16(21)23-2)15(26-14(11)17(22)24-3)20-18(25)19-10-9-12-7-5-4-6-8-12/h4-8H,9-10H2,1-3H3,(H2,19,20,25). The molecule has 0 radical (unpaired) electrons. The van der Waals surface area contributed by atoms with Crippen molar-refractivity contribution in [3.8, 4) is 0 Å². The lowest BCUT2D eigenvalue weighted by molar-refractivity contribution is 0.0601. The molecule has 0 aliphatic heterocycles. The minimum Gasteiger partial charge on any atom is -0.465 e. The summed E-state index contributed by atoms with van der Waals surface area (Å²) in [5, 5.41) is 6.89. The van der Waals surface area contributed by atoms with Crippen LogP contribution in [0.1, 0.15) is 31.2 Å². The van der Waals surface area contributed by atoms with E-state index in [1.165, 1.54) is 19.8 Å². The summed E-state index contributed by atoms with van der Waals surface area (Å²) in [4.78, 5) is 24.3. The van der Waals surface area contributed by atoms with Crippen LogP contribution < -0.4 is 10.6 Å². The van der Waals surface area contributed by atoms with Gasteiger partial charge in [-0.25, -0.2) is 9.59 Å². The Bertz CT molecular complexity index is 803. The van der Waals surface area contributed by atoms with E-state index in [1.54, 1.807) is 6.92 Å². The van der Waals surface area contributed by atoms with Gasteiger partial charge < -0.3 is 20.1 Å². The van der Waals surface area contributed by atoms with Gasteiger partial charge >= 0.3 is 11.9 Å². The van der Waals surface area contributed by atoms with E-state index in [0.29, 0.717) is 27.1 Å². The van der Waals surface area contributed by atoms with Gasteiger partial charge in [-0.3, -0.25) is 0 Å². The number of hydrogen-bond donors (Lipinski definition) is 2. The zero-order valence-electron chi connectivity index (χ0n) is 14.8. The van der Waals surface area contributed by atoms with Crippen LogP contribution in [0.15, 0.2) is 30.3 Å². The van der Waals surface area contributed by atoms with Gasteiger partial charge in [0.05, 0.1) is 19.8 Å². The molecule has 8 heteroatoms. The third kappa shape index (κ3) is 4.80. The minimum atomic E-state index is -0.538. The number of benzene rings is 1. The third-order valence-corrected chi connectivity index (χ3v) is 5.11. The van der Waals surface area contributed by atoms with E-state index in [1.807, 2.05) is 30.3 Å². The molecule has 0 amide bonds. The summed E-state index contributed by atoms with van der Waals surface area (Å²) >= 11 is 6.40. The van der Waals surface area contributed by atoms with E-state index in [0.717, 1.165) is 17.8 Å². The number of anilines is 1. The number of carbonyl (C=O) groups excluding carboxylic acids is 2. The lowest BCUT2D eigenvalue weighted by Gasteiger charge is -2.10. The van der Waals surface area contributed by atoms with Crippen molar-refractivity contribution in [1.29, 1.82) is 0 Å². The van der Waals surface area contributed by atoms with E-state index in [2.05, 4.69) is 10.6 Å². The molecular formula is C18H20N2O4S2. The summed E-state index contributed by atoms with van der Waals surface area (Å²) in [6.45, 7) is 2.31. The zero-order valence-corrected chi connectivity index (χ0v) is 16.4. The topological polar surface area (TPSA) is 76.7 Å². The van der Waals surface area contributed by atoms with Gasteiger partial charge in [-0.1, -0.05) is 30.3 Å². The molecule has 0 saturated carbocycles. The Morgan fingerprint density at radius 1 is 1.12 bits per heavy atom. The molecule has 0 spiro atoms. The molecule has 1 aromatic heterocycles. The predicted molar refractivity (Wildman–Crippen MR) is 106 cm³/mol. The van der Waals surface area contributed by atoms with Crippen LogP contribution in [-0.2, 0) is 15.9 Å². The Labute approximate surface area is 161 Å². The molecule has 0 fully saturated rings. The Morgan fingerprint density at radius 2 is 1.77 bits per heavy atom. The van der Waals surface area contributed by atoms with Crippen LogP contribution in [0.3, 0.4) is 0 Å². The SMILES string of the molecule is COC(=O)c1sc(NC(=S)NCCc2ccccc2)c(C(=O)OC)c1C. The molecule has 2 rings (SSSR count). The van der Waals surface area contributed by atoms with Crippen LogP contribution in [0.25, 0.3) is 0 Å². The fourth-order valence-electron chi connectivity index (χ4n) is 2.35. The van der Waals surface area contributed by atoms with Crippen LogP contribution in [-0.4, -0.2) is 37.8 Å². The van der Waals surface area contributed by atoms with Crippen LogP contribution in [0.2, 0.25) is 0 Å².